The molecule has 7 nitrogen and oxygen atoms in total. The topological polar surface area (TPSA) is 89.2 Å². The van der Waals surface area contributed by atoms with E-state index < -0.39 is 17.7 Å². The summed E-state index contributed by atoms with van der Waals surface area (Å²) in [5, 5.41) is 11.2. The number of rotatable bonds is 4. The quantitative estimate of drug-likeness (QED) is 0.382. The predicted molar refractivity (Wildman–Crippen MR) is 115 cm³/mol. The van der Waals surface area contributed by atoms with Gasteiger partial charge in [-0.05, 0) is 42.8 Å². The van der Waals surface area contributed by atoms with Crippen molar-refractivity contribution in [1.29, 1.82) is 0 Å². The Morgan fingerprint density at radius 3 is 2.47 bits per heavy atom. The molecule has 3 heterocycles. The first-order valence-electron chi connectivity index (χ1n) is 10.3. The summed E-state index contributed by atoms with van der Waals surface area (Å²) in [6.45, 7) is 2.83. The standard InChI is InChI=1S/C25H21NO6/c1-15-7-9-19(32-15)22-21(23(27)17-8-10-18-20(13-17)31-12-11-30-18)24(28)25(29)26(22)14-16-5-3-2-4-6-16/h2-10,13,22,27H,11-12,14H2,1H3/b23-21+/t22-/m0/s1. The zero-order valence-electron chi connectivity index (χ0n) is 17.4. The maximum atomic E-state index is 13.1. The average molecular weight is 431 g/mol. The van der Waals surface area contributed by atoms with Crippen molar-refractivity contribution < 1.29 is 28.6 Å². The van der Waals surface area contributed by atoms with E-state index in [1.54, 1.807) is 37.3 Å². The number of amides is 1. The number of Topliss-reactive ketones (excluding diaryl/α,β-unsaturated/α-hetero) is 1. The highest BCUT2D eigenvalue weighted by Gasteiger charge is 2.47. The summed E-state index contributed by atoms with van der Waals surface area (Å²) in [6, 6.07) is 16.9. The SMILES string of the molecule is Cc1ccc([C@H]2/C(=C(\O)c3ccc4c(c3)OCCO4)C(=O)C(=O)N2Cc2ccccc2)o1. The van der Waals surface area contributed by atoms with Crippen LogP contribution in [0, 0.1) is 6.92 Å². The van der Waals surface area contributed by atoms with Gasteiger partial charge in [-0.25, -0.2) is 0 Å². The molecule has 0 bridgehead atoms. The normalized spacial score (nSPS) is 19.4. The third-order valence-corrected chi connectivity index (χ3v) is 5.58. The third kappa shape index (κ3) is 3.41. The predicted octanol–water partition coefficient (Wildman–Crippen LogP) is 3.98. The van der Waals surface area contributed by atoms with Gasteiger partial charge in [0.2, 0.25) is 0 Å². The van der Waals surface area contributed by atoms with Gasteiger partial charge >= 0.3 is 0 Å². The molecule has 1 aromatic heterocycles. The number of nitrogens with zero attached hydrogens (tertiary/aromatic N) is 1. The fourth-order valence-electron chi connectivity index (χ4n) is 4.07. The second kappa shape index (κ2) is 7.92. The number of ketones is 1. The highest BCUT2D eigenvalue weighted by molar-refractivity contribution is 6.46. The van der Waals surface area contributed by atoms with Crippen LogP contribution < -0.4 is 9.47 Å². The molecule has 2 aliphatic heterocycles. The van der Waals surface area contributed by atoms with Gasteiger partial charge < -0.3 is 23.9 Å². The monoisotopic (exact) mass is 431 g/mol. The number of aliphatic hydroxyl groups is 1. The summed E-state index contributed by atoms with van der Waals surface area (Å²) in [6.07, 6.45) is 0. The number of fused-ring (bicyclic) bond motifs is 1. The van der Waals surface area contributed by atoms with E-state index in [2.05, 4.69) is 0 Å². The number of benzene rings is 2. The second-order valence-corrected chi connectivity index (χ2v) is 7.72. The number of likely N-dealkylation sites (tertiary alicyclic amines) is 1. The maximum Gasteiger partial charge on any atom is 0.296 e. The minimum atomic E-state index is -0.850. The lowest BCUT2D eigenvalue weighted by atomic mass is 9.99. The molecule has 3 aromatic rings. The van der Waals surface area contributed by atoms with Crippen LogP contribution in [0.4, 0.5) is 0 Å². The molecule has 1 amide bonds. The molecular weight excluding hydrogens is 410 g/mol. The Morgan fingerprint density at radius 1 is 1.00 bits per heavy atom. The van der Waals surface area contributed by atoms with Crippen molar-refractivity contribution in [2.45, 2.75) is 19.5 Å². The Balaban J connectivity index is 1.62. The Morgan fingerprint density at radius 2 is 1.75 bits per heavy atom. The van der Waals surface area contributed by atoms with Crippen molar-refractivity contribution in [3.63, 3.8) is 0 Å². The Hall–Kier alpha value is -4.00. The van der Waals surface area contributed by atoms with Crippen LogP contribution in [0.2, 0.25) is 0 Å². The molecule has 0 aliphatic carbocycles. The molecule has 0 radical (unpaired) electrons. The van der Waals surface area contributed by atoms with Gasteiger partial charge in [-0.15, -0.1) is 0 Å². The minimum Gasteiger partial charge on any atom is -0.507 e. The van der Waals surface area contributed by atoms with Crippen molar-refractivity contribution in [2.75, 3.05) is 13.2 Å². The van der Waals surface area contributed by atoms with E-state index in [1.807, 2.05) is 30.3 Å². The molecule has 0 spiro atoms. The van der Waals surface area contributed by atoms with Crippen molar-refractivity contribution >= 4 is 17.4 Å². The largest absolute Gasteiger partial charge is 0.507 e. The van der Waals surface area contributed by atoms with E-state index >= 15 is 0 Å². The summed E-state index contributed by atoms with van der Waals surface area (Å²) in [4.78, 5) is 27.5. The average Bonchev–Trinajstić information content (AvgIpc) is 3.35. The summed E-state index contributed by atoms with van der Waals surface area (Å²) in [5.74, 6) is 0.371. The number of hydrogen-bond acceptors (Lipinski definition) is 6. The number of aryl methyl sites for hydroxylation is 1. The molecule has 1 atom stereocenters. The van der Waals surface area contributed by atoms with Crippen molar-refractivity contribution in [1.82, 2.24) is 4.90 Å². The molecule has 1 N–H and O–H groups in total. The molecule has 0 saturated carbocycles. The lowest BCUT2D eigenvalue weighted by molar-refractivity contribution is -0.140. The number of ether oxygens (including phenoxy) is 2. The summed E-state index contributed by atoms with van der Waals surface area (Å²) in [5.41, 5.74) is 1.21. The molecular formula is C25H21NO6. The fourth-order valence-corrected chi connectivity index (χ4v) is 4.07. The van der Waals surface area contributed by atoms with Crippen LogP contribution in [0.5, 0.6) is 11.5 Å². The molecule has 2 aromatic carbocycles. The summed E-state index contributed by atoms with van der Waals surface area (Å²) >= 11 is 0. The lowest BCUT2D eigenvalue weighted by Crippen LogP contribution is -2.29. The van der Waals surface area contributed by atoms with Crippen molar-refractivity contribution in [3.05, 3.63) is 88.9 Å². The molecule has 1 saturated heterocycles. The van der Waals surface area contributed by atoms with Gasteiger partial charge in [0.15, 0.2) is 11.5 Å². The van der Waals surface area contributed by atoms with E-state index in [-0.39, 0.29) is 17.9 Å². The van der Waals surface area contributed by atoms with Gasteiger partial charge in [-0.2, -0.15) is 0 Å². The van der Waals surface area contributed by atoms with Crippen LogP contribution in [-0.2, 0) is 16.1 Å². The molecule has 0 unspecified atom stereocenters. The van der Waals surface area contributed by atoms with Gasteiger partial charge in [-0.3, -0.25) is 9.59 Å². The zero-order chi connectivity index (χ0) is 22.2. The Kier molecular flexibility index (Phi) is 4.93. The van der Waals surface area contributed by atoms with E-state index in [9.17, 15) is 14.7 Å². The van der Waals surface area contributed by atoms with Gasteiger partial charge in [0.25, 0.3) is 11.7 Å². The van der Waals surface area contributed by atoms with Crippen LogP contribution in [-0.4, -0.2) is 34.9 Å². The molecule has 162 valence electrons. The zero-order valence-corrected chi connectivity index (χ0v) is 17.4. The van der Waals surface area contributed by atoms with Crippen LogP contribution in [0.3, 0.4) is 0 Å². The first kappa shape index (κ1) is 19.9. The molecule has 1 fully saturated rings. The van der Waals surface area contributed by atoms with E-state index in [0.717, 1.165) is 5.56 Å². The summed E-state index contributed by atoms with van der Waals surface area (Å²) in [7, 11) is 0. The van der Waals surface area contributed by atoms with Crippen LogP contribution in [0.15, 0.2) is 70.7 Å². The Labute approximate surface area is 184 Å². The first-order valence-corrected chi connectivity index (χ1v) is 10.3. The minimum absolute atomic E-state index is 0.0167. The highest BCUT2D eigenvalue weighted by Crippen LogP contribution is 2.42. The number of furan rings is 1. The van der Waals surface area contributed by atoms with Gasteiger partial charge in [0.05, 0.1) is 5.57 Å². The maximum absolute atomic E-state index is 13.1. The smallest absolute Gasteiger partial charge is 0.296 e. The lowest BCUT2D eigenvalue weighted by Gasteiger charge is -2.23. The number of carbonyl (C=O) groups is 2. The van der Waals surface area contributed by atoms with Crippen LogP contribution in [0.1, 0.15) is 28.7 Å². The molecule has 32 heavy (non-hydrogen) atoms. The third-order valence-electron chi connectivity index (χ3n) is 5.58. The van der Waals surface area contributed by atoms with E-state index in [1.165, 1.54) is 4.90 Å². The number of hydrogen-bond donors (Lipinski definition) is 1. The highest BCUT2D eigenvalue weighted by atomic mass is 16.6. The second-order valence-electron chi connectivity index (χ2n) is 7.72. The van der Waals surface area contributed by atoms with E-state index in [0.29, 0.717) is 41.8 Å². The van der Waals surface area contributed by atoms with Crippen molar-refractivity contribution in [2.24, 2.45) is 0 Å². The molecule has 5 rings (SSSR count). The number of aliphatic hydroxyl groups excluding tert-OH is 1. The molecule has 7 heteroatoms. The van der Waals surface area contributed by atoms with Gasteiger partial charge in [0.1, 0.15) is 36.5 Å². The van der Waals surface area contributed by atoms with Gasteiger partial charge in [0, 0.05) is 12.1 Å². The molecule has 2 aliphatic rings. The van der Waals surface area contributed by atoms with Crippen LogP contribution in [0.25, 0.3) is 5.76 Å². The van der Waals surface area contributed by atoms with E-state index in [4.69, 9.17) is 13.9 Å². The van der Waals surface area contributed by atoms with Crippen LogP contribution >= 0.6 is 0 Å². The number of carbonyl (C=O) groups excluding carboxylic acids is 2. The Bertz CT molecular complexity index is 1230. The fraction of sp³-hybridized carbons (Fsp3) is 0.200. The van der Waals surface area contributed by atoms with Crippen molar-refractivity contribution in [3.8, 4) is 11.5 Å². The van der Waals surface area contributed by atoms with Gasteiger partial charge in [-0.1, -0.05) is 30.3 Å². The first-order chi connectivity index (χ1) is 15.5. The summed E-state index contributed by atoms with van der Waals surface area (Å²) < 4.78 is 16.9.